The minimum Gasteiger partial charge on any atom is -0.379 e. The molecule has 0 atom stereocenters. The summed E-state index contributed by atoms with van der Waals surface area (Å²) < 4.78 is 16.2. The van der Waals surface area contributed by atoms with Crippen LogP contribution in [-0.2, 0) is 23.8 Å². The summed E-state index contributed by atoms with van der Waals surface area (Å²) in [6.45, 7) is 11.2. The van der Waals surface area contributed by atoms with Crippen LogP contribution in [0.2, 0.25) is 0 Å². The number of nitrogens with one attached hydrogen (secondary N) is 1. The number of carbonyl (C=O) groups is 2. The number of ether oxygens (including phenoxy) is 3. The highest BCUT2D eigenvalue weighted by molar-refractivity contribution is 5.82. The number of hydrogen-bond donors (Lipinski definition) is 1. The maximum Gasteiger partial charge on any atom is 0.222 e. The van der Waals surface area contributed by atoms with Crippen LogP contribution in [0.1, 0.15) is 59.8 Å². The lowest BCUT2D eigenvalue weighted by atomic mass is 9.78. The molecule has 0 radical (unpaired) electrons. The number of Topliss-reactive ketones (excluding diaryl/α,β-unsaturated/α-hetero) is 1. The molecule has 158 valence electrons. The molecular formula is C21H39NO5. The first-order valence-electron chi connectivity index (χ1n) is 10.5. The Hall–Kier alpha value is -0.980. The van der Waals surface area contributed by atoms with Crippen molar-refractivity contribution in [3.8, 4) is 0 Å². The van der Waals surface area contributed by atoms with Gasteiger partial charge in [0.2, 0.25) is 5.91 Å². The first-order valence-corrected chi connectivity index (χ1v) is 10.5. The molecule has 0 unspecified atom stereocenters. The van der Waals surface area contributed by atoms with E-state index in [1.54, 1.807) is 0 Å². The summed E-state index contributed by atoms with van der Waals surface area (Å²) in [6, 6.07) is 0. The van der Waals surface area contributed by atoms with Crippen LogP contribution in [-0.4, -0.2) is 57.4 Å². The van der Waals surface area contributed by atoms with Gasteiger partial charge in [-0.25, -0.2) is 0 Å². The van der Waals surface area contributed by atoms with E-state index in [0.29, 0.717) is 57.7 Å². The van der Waals surface area contributed by atoms with Crippen LogP contribution in [0, 0.1) is 17.8 Å². The molecule has 0 aliphatic heterocycles. The van der Waals surface area contributed by atoms with Gasteiger partial charge in [-0.15, -0.1) is 0 Å². The smallest absolute Gasteiger partial charge is 0.222 e. The van der Waals surface area contributed by atoms with E-state index in [9.17, 15) is 9.59 Å². The Bertz CT molecular complexity index is 417. The summed E-state index contributed by atoms with van der Waals surface area (Å²) in [5.74, 6) is 1.27. The maximum atomic E-state index is 12.0. The fourth-order valence-electron chi connectivity index (χ4n) is 3.30. The lowest BCUT2D eigenvalue weighted by Crippen LogP contribution is -2.33. The van der Waals surface area contributed by atoms with Crippen LogP contribution >= 0.6 is 0 Å². The lowest BCUT2D eigenvalue weighted by Gasteiger charge is -2.28. The third-order valence-corrected chi connectivity index (χ3v) is 4.93. The van der Waals surface area contributed by atoms with E-state index in [0.717, 1.165) is 25.7 Å². The second-order valence-electron chi connectivity index (χ2n) is 7.97. The second kappa shape index (κ2) is 14.1. The molecule has 27 heavy (non-hydrogen) atoms. The molecule has 6 nitrogen and oxygen atoms in total. The molecule has 1 rings (SSSR count). The quantitative estimate of drug-likeness (QED) is 0.465. The molecule has 1 fully saturated rings. The number of amides is 1. The topological polar surface area (TPSA) is 73.9 Å². The van der Waals surface area contributed by atoms with Gasteiger partial charge in [-0.2, -0.15) is 0 Å². The summed E-state index contributed by atoms with van der Waals surface area (Å²) in [6.07, 6.45) is 4.57. The van der Waals surface area contributed by atoms with Crippen molar-refractivity contribution < 1.29 is 23.8 Å². The number of rotatable bonds is 14. The molecule has 1 N–H and O–H groups in total. The highest BCUT2D eigenvalue weighted by atomic mass is 16.5. The highest BCUT2D eigenvalue weighted by Gasteiger charge is 2.27. The van der Waals surface area contributed by atoms with Crippen molar-refractivity contribution >= 4 is 11.7 Å². The van der Waals surface area contributed by atoms with E-state index < -0.39 is 0 Å². The zero-order chi connectivity index (χ0) is 20.1. The van der Waals surface area contributed by atoms with E-state index >= 15 is 0 Å². The molecule has 6 heteroatoms. The normalized spacial score (nSPS) is 20.2. The minimum atomic E-state index is 0.0293. The molecule has 0 aromatic carbocycles. The summed E-state index contributed by atoms with van der Waals surface area (Å²) in [7, 11) is 0. The first kappa shape index (κ1) is 24.1. The largest absolute Gasteiger partial charge is 0.379 e. The van der Waals surface area contributed by atoms with Gasteiger partial charge in [0.1, 0.15) is 5.78 Å². The summed E-state index contributed by atoms with van der Waals surface area (Å²) in [4.78, 5) is 23.9. The second-order valence-corrected chi connectivity index (χ2v) is 7.97. The van der Waals surface area contributed by atoms with Crippen LogP contribution in [0.5, 0.6) is 0 Å². The summed E-state index contributed by atoms with van der Waals surface area (Å²) in [5, 5.41) is 3.00. The van der Waals surface area contributed by atoms with Gasteiger partial charge in [-0.3, -0.25) is 9.59 Å². The van der Waals surface area contributed by atoms with Crippen LogP contribution in [0.15, 0.2) is 0 Å². The molecule has 1 aliphatic carbocycles. The summed E-state index contributed by atoms with van der Waals surface area (Å²) >= 11 is 0. The van der Waals surface area contributed by atoms with Gasteiger partial charge < -0.3 is 19.5 Å². The standard InChI is InChI=1S/C21H39NO5/c1-16(2)21(24)19-7-5-18(6-8-19)15-22-20(23)9-10-25-11-12-26-13-14-27-17(3)4/h16-19H,5-15H2,1-4H3,(H,22,23)/t18-,19-. The van der Waals surface area contributed by atoms with Gasteiger partial charge in [-0.05, 0) is 45.4 Å². The number of ketones is 1. The monoisotopic (exact) mass is 385 g/mol. The predicted molar refractivity (Wildman–Crippen MR) is 106 cm³/mol. The lowest BCUT2D eigenvalue weighted by molar-refractivity contribution is -0.127. The van der Waals surface area contributed by atoms with Crippen LogP contribution in [0.4, 0.5) is 0 Å². The van der Waals surface area contributed by atoms with Crippen molar-refractivity contribution in [1.29, 1.82) is 0 Å². The third kappa shape index (κ3) is 11.5. The minimum absolute atomic E-state index is 0.0293. The van der Waals surface area contributed by atoms with Crippen LogP contribution in [0.25, 0.3) is 0 Å². The molecule has 0 bridgehead atoms. The van der Waals surface area contributed by atoms with Crippen molar-refractivity contribution in [3.63, 3.8) is 0 Å². The van der Waals surface area contributed by atoms with Gasteiger partial charge in [0.15, 0.2) is 0 Å². The van der Waals surface area contributed by atoms with E-state index in [1.807, 2.05) is 27.7 Å². The van der Waals surface area contributed by atoms with Crippen LogP contribution in [0.3, 0.4) is 0 Å². The Morgan fingerprint density at radius 2 is 1.48 bits per heavy atom. The van der Waals surface area contributed by atoms with Gasteiger partial charge >= 0.3 is 0 Å². The first-order chi connectivity index (χ1) is 12.9. The van der Waals surface area contributed by atoms with Gasteiger partial charge in [0, 0.05) is 24.8 Å². The number of carbonyl (C=O) groups excluding carboxylic acids is 2. The van der Waals surface area contributed by atoms with Gasteiger partial charge in [-0.1, -0.05) is 13.8 Å². The van der Waals surface area contributed by atoms with E-state index in [4.69, 9.17) is 14.2 Å². The maximum absolute atomic E-state index is 12.0. The zero-order valence-corrected chi connectivity index (χ0v) is 17.6. The molecule has 1 amide bonds. The average Bonchev–Trinajstić information content (AvgIpc) is 2.64. The molecule has 0 aromatic rings. The third-order valence-electron chi connectivity index (χ3n) is 4.93. The predicted octanol–water partition coefficient (Wildman–Crippen LogP) is 2.98. The molecular weight excluding hydrogens is 346 g/mol. The molecule has 0 saturated heterocycles. The Balaban J connectivity index is 1.95. The SMILES string of the molecule is CC(C)OCCOCCOCCC(=O)NC[C@H]1CC[C@H](C(=O)C(C)C)CC1. The molecule has 0 heterocycles. The Kier molecular flexibility index (Phi) is 12.5. The van der Waals surface area contributed by atoms with Crippen molar-refractivity contribution in [1.82, 2.24) is 5.32 Å². The Labute approximate surface area is 164 Å². The Morgan fingerprint density at radius 1 is 0.889 bits per heavy atom. The molecule has 0 aromatic heterocycles. The van der Waals surface area contributed by atoms with Crippen molar-refractivity contribution in [2.75, 3.05) is 39.6 Å². The van der Waals surface area contributed by atoms with Crippen molar-refractivity contribution in [2.24, 2.45) is 17.8 Å². The summed E-state index contributed by atoms with van der Waals surface area (Å²) in [5.41, 5.74) is 0. The van der Waals surface area contributed by atoms with Gasteiger partial charge in [0.05, 0.1) is 39.1 Å². The Morgan fingerprint density at radius 3 is 2.07 bits per heavy atom. The molecule has 1 aliphatic rings. The van der Waals surface area contributed by atoms with E-state index in [2.05, 4.69) is 5.32 Å². The van der Waals surface area contributed by atoms with Crippen molar-refractivity contribution in [3.05, 3.63) is 0 Å². The highest BCUT2D eigenvalue weighted by Crippen LogP contribution is 2.30. The average molecular weight is 386 g/mol. The van der Waals surface area contributed by atoms with Gasteiger partial charge in [0.25, 0.3) is 0 Å². The van der Waals surface area contributed by atoms with E-state index in [-0.39, 0.29) is 23.8 Å². The zero-order valence-electron chi connectivity index (χ0n) is 17.6. The van der Waals surface area contributed by atoms with E-state index in [1.165, 1.54) is 0 Å². The molecule has 1 saturated carbocycles. The fraction of sp³-hybridized carbons (Fsp3) is 0.905. The molecule has 0 spiro atoms. The fourth-order valence-corrected chi connectivity index (χ4v) is 3.30. The van der Waals surface area contributed by atoms with Crippen LogP contribution < -0.4 is 5.32 Å². The van der Waals surface area contributed by atoms with Crippen molar-refractivity contribution in [2.45, 2.75) is 65.9 Å². The number of hydrogen-bond acceptors (Lipinski definition) is 5.